The number of aryl methyl sites for hydroxylation is 1. The van der Waals surface area contributed by atoms with Crippen LogP contribution in [0.3, 0.4) is 0 Å². The van der Waals surface area contributed by atoms with Gasteiger partial charge in [0.05, 0.1) is 24.4 Å². The highest BCUT2D eigenvalue weighted by molar-refractivity contribution is 6.31. The van der Waals surface area contributed by atoms with E-state index < -0.39 is 12.0 Å². The van der Waals surface area contributed by atoms with Gasteiger partial charge in [0, 0.05) is 6.20 Å². The van der Waals surface area contributed by atoms with Gasteiger partial charge in [-0.05, 0) is 6.92 Å². The Bertz CT molecular complexity index is 318. The van der Waals surface area contributed by atoms with Crippen molar-refractivity contribution in [1.82, 2.24) is 9.78 Å². The van der Waals surface area contributed by atoms with Gasteiger partial charge in [0.1, 0.15) is 6.04 Å². The van der Waals surface area contributed by atoms with Gasteiger partial charge in [-0.3, -0.25) is 9.48 Å². The van der Waals surface area contributed by atoms with Crippen LogP contribution in [0.4, 0.5) is 0 Å². The molecule has 0 saturated carbocycles. The minimum Gasteiger partial charge on any atom is -0.468 e. The van der Waals surface area contributed by atoms with Crippen LogP contribution in [0.1, 0.15) is 5.69 Å². The van der Waals surface area contributed by atoms with Crippen molar-refractivity contribution in [3.05, 3.63) is 16.9 Å². The third-order valence-corrected chi connectivity index (χ3v) is 2.15. The van der Waals surface area contributed by atoms with E-state index in [1.807, 2.05) is 0 Å². The molecule has 0 spiro atoms. The predicted molar refractivity (Wildman–Crippen MR) is 52.0 cm³/mol. The maximum atomic E-state index is 11.0. The summed E-state index contributed by atoms with van der Waals surface area (Å²) in [7, 11) is 1.30. The lowest BCUT2D eigenvalue weighted by Gasteiger charge is -2.08. The van der Waals surface area contributed by atoms with Crippen molar-refractivity contribution in [2.24, 2.45) is 5.73 Å². The maximum Gasteiger partial charge on any atom is 0.324 e. The van der Waals surface area contributed by atoms with Gasteiger partial charge in [0.15, 0.2) is 0 Å². The largest absolute Gasteiger partial charge is 0.468 e. The van der Waals surface area contributed by atoms with Crippen LogP contribution >= 0.6 is 11.6 Å². The number of carbonyl (C=O) groups is 1. The highest BCUT2D eigenvalue weighted by Crippen LogP contribution is 2.11. The van der Waals surface area contributed by atoms with Gasteiger partial charge in [-0.15, -0.1) is 0 Å². The highest BCUT2D eigenvalue weighted by Gasteiger charge is 2.15. The summed E-state index contributed by atoms with van der Waals surface area (Å²) in [5.41, 5.74) is 6.25. The Balaban J connectivity index is 2.64. The van der Waals surface area contributed by atoms with E-state index >= 15 is 0 Å². The average molecular weight is 218 g/mol. The molecule has 0 aliphatic rings. The Labute approximate surface area is 86.8 Å². The third-order valence-electron chi connectivity index (χ3n) is 1.77. The number of hydrogen-bond acceptors (Lipinski definition) is 4. The van der Waals surface area contributed by atoms with E-state index in [0.29, 0.717) is 10.7 Å². The number of halogens is 1. The first-order valence-electron chi connectivity index (χ1n) is 4.07. The van der Waals surface area contributed by atoms with Crippen LogP contribution in [0.2, 0.25) is 5.02 Å². The van der Waals surface area contributed by atoms with Gasteiger partial charge in [0.2, 0.25) is 0 Å². The Morgan fingerprint density at radius 2 is 2.50 bits per heavy atom. The number of methoxy groups -OCH3 is 1. The van der Waals surface area contributed by atoms with Crippen molar-refractivity contribution in [1.29, 1.82) is 0 Å². The van der Waals surface area contributed by atoms with Crippen molar-refractivity contribution in [3.8, 4) is 0 Å². The summed E-state index contributed by atoms with van der Waals surface area (Å²) in [6.45, 7) is 2.04. The van der Waals surface area contributed by atoms with Gasteiger partial charge < -0.3 is 10.5 Å². The van der Waals surface area contributed by atoms with E-state index in [9.17, 15) is 4.79 Å². The first-order chi connectivity index (χ1) is 6.54. The molecule has 1 aromatic rings. The second-order valence-corrected chi connectivity index (χ2v) is 3.32. The lowest BCUT2D eigenvalue weighted by Crippen LogP contribution is -2.35. The molecule has 0 aliphatic carbocycles. The summed E-state index contributed by atoms with van der Waals surface area (Å²) in [5, 5.41) is 4.62. The van der Waals surface area contributed by atoms with Crippen LogP contribution in [-0.2, 0) is 16.1 Å². The van der Waals surface area contributed by atoms with E-state index in [-0.39, 0.29) is 6.54 Å². The number of esters is 1. The zero-order valence-corrected chi connectivity index (χ0v) is 8.78. The lowest BCUT2D eigenvalue weighted by molar-refractivity contribution is -0.142. The SMILES string of the molecule is COC(=O)C(N)Cn1cc(Cl)c(C)n1. The van der Waals surface area contributed by atoms with Crippen molar-refractivity contribution < 1.29 is 9.53 Å². The van der Waals surface area contributed by atoms with Gasteiger partial charge in [-0.1, -0.05) is 11.6 Å². The van der Waals surface area contributed by atoms with E-state index in [0.717, 1.165) is 0 Å². The predicted octanol–water partition coefficient (Wildman–Crippen LogP) is 0.345. The fourth-order valence-corrected chi connectivity index (χ4v) is 1.16. The molecule has 1 unspecified atom stereocenters. The Hall–Kier alpha value is -1.07. The molecule has 0 bridgehead atoms. The standard InChI is InChI=1S/C8H12ClN3O2/c1-5-6(9)3-12(11-5)4-7(10)8(13)14-2/h3,7H,4,10H2,1-2H3. The van der Waals surface area contributed by atoms with Crippen LogP contribution in [0.15, 0.2) is 6.20 Å². The van der Waals surface area contributed by atoms with Crippen LogP contribution in [0, 0.1) is 6.92 Å². The summed E-state index contributed by atoms with van der Waals surface area (Å²) < 4.78 is 6.01. The quantitative estimate of drug-likeness (QED) is 0.742. The normalized spacial score (nSPS) is 12.6. The smallest absolute Gasteiger partial charge is 0.324 e. The van der Waals surface area contributed by atoms with E-state index in [1.165, 1.54) is 11.8 Å². The van der Waals surface area contributed by atoms with E-state index in [4.69, 9.17) is 17.3 Å². The number of nitrogens with zero attached hydrogens (tertiary/aromatic N) is 2. The van der Waals surface area contributed by atoms with E-state index in [2.05, 4.69) is 9.84 Å². The van der Waals surface area contributed by atoms with E-state index in [1.54, 1.807) is 13.1 Å². The molecule has 5 nitrogen and oxygen atoms in total. The molecule has 0 saturated heterocycles. The molecule has 2 N–H and O–H groups in total. The van der Waals surface area contributed by atoms with Crippen LogP contribution in [-0.4, -0.2) is 28.9 Å². The van der Waals surface area contributed by atoms with Gasteiger partial charge in [0.25, 0.3) is 0 Å². The minimum absolute atomic E-state index is 0.264. The highest BCUT2D eigenvalue weighted by atomic mass is 35.5. The summed E-state index contributed by atoms with van der Waals surface area (Å²) in [6.07, 6.45) is 1.62. The number of aromatic nitrogens is 2. The number of nitrogens with two attached hydrogens (primary N) is 1. The lowest BCUT2D eigenvalue weighted by atomic mass is 10.3. The number of ether oxygens (including phenoxy) is 1. The molecule has 1 heterocycles. The van der Waals surface area contributed by atoms with Gasteiger partial charge in [-0.25, -0.2) is 0 Å². The van der Waals surface area contributed by atoms with Crippen molar-refractivity contribution in [3.63, 3.8) is 0 Å². The van der Waals surface area contributed by atoms with Crippen LogP contribution in [0.5, 0.6) is 0 Å². The first kappa shape index (κ1) is 11.0. The van der Waals surface area contributed by atoms with Crippen LogP contribution < -0.4 is 5.73 Å². The Kier molecular flexibility index (Phi) is 3.49. The zero-order valence-electron chi connectivity index (χ0n) is 8.03. The molecule has 0 aromatic carbocycles. The molecule has 1 rings (SSSR count). The molecule has 0 amide bonds. The number of rotatable bonds is 3. The van der Waals surface area contributed by atoms with Gasteiger partial charge >= 0.3 is 5.97 Å². The zero-order chi connectivity index (χ0) is 10.7. The van der Waals surface area contributed by atoms with Crippen molar-refractivity contribution in [2.45, 2.75) is 19.5 Å². The molecule has 78 valence electrons. The second-order valence-electron chi connectivity index (χ2n) is 2.91. The van der Waals surface area contributed by atoms with Crippen molar-refractivity contribution in [2.75, 3.05) is 7.11 Å². The summed E-state index contributed by atoms with van der Waals surface area (Å²) in [5.74, 6) is -0.464. The molecule has 1 atom stereocenters. The molecule has 0 fully saturated rings. The fourth-order valence-electron chi connectivity index (χ4n) is 1.01. The number of hydrogen-bond donors (Lipinski definition) is 1. The molecular weight excluding hydrogens is 206 g/mol. The number of carbonyl (C=O) groups excluding carboxylic acids is 1. The molecule has 14 heavy (non-hydrogen) atoms. The Morgan fingerprint density at radius 1 is 1.86 bits per heavy atom. The second kappa shape index (κ2) is 4.43. The summed E-state index contributed by atoms with van der Waals surface area (Å²) in [4.78, 5) is 11.0. The topological polar surface area (TPSA) is 70.1 Å². The van der Waals surface area contributed by atoms with Crippen molar-refractivity contribution >= 4 is 17.6 Å². The first-order valence-corrected chi connectivity index (χ1v) is 4.45. The minimum atomic E-state index is -0.713. The van der Waals surface area contributed by atoms with Crippen LogP contribution in [0.25, 0.3) is 0 Å². The average Bonchev–Trinajstić information content (AvgIpc) is 2.44. The molecule has 0 aliphatic heterocycles. The molecule has 1 aromatic heterocycles. The van der Waals surface area contributed by atoms with Gasteiger partial charge in [-0.2, -0.15) is 5.10 Å². The monoisotopic (exact) mass is 217 g/mol. The third kappa shape index (κ3) is 2.46. The molecular formula is C8H12ClN3O2. The Morgan fingerprint density at radius 3 is 2.93 bits per heavy atom. The fraction of sp³-hybridized carbons (Fsp3) is 0.500. The molecule has 6 heteroatoms. The summed E-state index contributed by atoms with van der Waals surface area (Å²) >= 11 is 5.79. The summed E-state index contributed by atoms with van der Waals surface area (Å²) in [6, 6.07) is -0.713. The molecule has 0 radical (unpaired) electrons. The maximum absolute atomic E-state index is 11.0.